The smallest absolute Gasteiger partial charge is 0.422 e. The van der Waals surface area contributed by atoms with Gasteiger partial charge in [0.15, 0.2) is 0 Å². The fraction of sp³-hybridized carbons (Fsp3) is 0.333. The Labute approximate surface area is 318 Å². The van der Waals surface area contributed by atoms with Gasteiger partial charge in [-0.25, -0.2) is 4.98 Å². The second-order valence-corrected chi connectivity index (χ2v) is 13.1. The minimum Gasteiger partial charge on any atom is -0.422 e. The number of aliphatic hydroxyl groups excluding tert-OH is 2. The molecule has 0 aliphatic carbocycles. The zero-order valence-corrected chi connectivity index (χ0v) is 32.5. The molecule has 16 heteroatoms. The first kappa shape index (κ1) is 42.2. The minimum atomic E-state index is -1.43. The van der Waals surface area contributed by atoms with Crippen LogP contribution in [0.2, 0.25) is 0 Å². The normalized spacial score (nSPS) is 10.7. The van der Waals surface area contributed by atoms with Gasteiger partial charge in [-0.3, -0.25) is 24.0 Å². The number of alkyl halides is 1. The number of aromatic nitrogens is 9. The van der Waals surface area contributed by atoms with Crippen LogP contribution in [0, 0.1) is 0 Å². The molecule has 0 saturated carbocycles. The van der Waals surface area contributed by atoms with Crippen molar-refractivity contribution in [2.45, 2.75) is 78.8 Å². The zero-order valence-electron chi connectivity index (χ0n) is 30.2. The second kappa shape index (κ2) is 21.3. The van der Waals surface area contributed by atoms with E-state index in [2.05, 4.69) is 73.9 Å². The monoisotopic (exact) mass is 793 g/mol. The van der Waals surface area contributed by atoms with Gasteiger partial charge < -0.3 is 20.3 Å². The Morgan fingerprint density at radius 1 is 0.596 bits per heavy atom. The van der Waals surface area contributed by atoms with Gasteiger partial charge >= 0.3 is 7.12 Å². The van der Waals surface area contributed by atoms with Crippen LogP contribution in [0.3, 0.4) is 0 Å². The first-order chi connectivity index (χ1) is 24.9. The Balaban J connectivity index is 0.000000192. The van der Waals surface area contributed by atoms with Gasteiger partial charge in [-0.2, -0.15) is 15.3 Å². The van der Waals surface area contributed by atoms with Crippen molar-refractivity contribution in [3.63, 3.8) is 0 Å². The van der Waals surface area contributed by atoms with Crippen molar-refractivity contribution in [1.29, 1.82) is 0 Å². The Morgan fingerprint density at radius 2 is 1.02 bits per heavy atom. The maximum absolute atomic E-state index is 9.28. The predicted molar refractivity (Wildman–Crippen MR) is 207 cm³/mol. The lowest BCUT2D eigenvalue weighted by atomic mass is 9.86. The third-order valence-corrected chi connectivity index (χ3v) is 8.36. The number of pyridine rings is 3. The first-order valence-electron chi connectivity index (χ1n) is 16.7. The number of hydrogen-bond acceptors (Lipinski definition) is 10. The molecule has 0 radical (unpaired) electrons. The van der Waals surface area contributed by atoms with E-state index in [4.69, 9.17) is 26.8 Å². The van der Waals surface area contributed by atoms with E-state index in [1.54, 1.807) is 54.0 Å². The maximum atomic E-state index is 9.28. The first-order valence-corrected chi connectivity index (χ1v) is 18.0. The summed E-state index contributed by atoms with van der Waals surface area (Å²) in [4.78, 5) is 12.6. The van der Waals surface area contributed by atoms with Crippen molar-refractivity contribution in [3.8, 4) is 22.8 Å². The molecule has 6 heterocycles. The average Bonchev–Trinajstić information content (AvgIpc) is 3.94. The van der Waals surface area contributed by atoms with Crippen LogP contribution in [-0.4, -0.2) is 71.7 Å². The highest BCUT2D eigenvalue weighted by Crippen LogP contribution is 2.25. The number of rotatable bonds is 9. The van der Waals surface area contributed by atoms with Gasteiger partial charge in [-0.1, -0.05) is 18.2 Å². The van der Waals surface area contributed by atoms with Crippen LogP contribution in [0.5, 0.6) is 0 Å². The third-order valence-electron chi connectivity index (χ3n) is 7.36. The van der Waals surface area contributed by atoms with Crippen LogP contribution in [0.15, 0.2) is 96.4 Å². The molecule has 52 heavy (non-hydrogen) atoms. The van der Waals surface area contributed by atoms with Crippen molar-refractivity contribution >= 4 is 40.2 Å². The lowest BCUT2D eigenvalue weighted by Crippen LogP contribution is -2.37. The summed E-state index contributed by atoms with van der Waals surface area (Å²) in [6, 6.07) is 17.4. The summed E-state index contributed by atoms with van der Waals surface area (Å²) in [5, 5.41) is 48.1. The summed E-state index contributed by atoms with van der Waals surface area (Å²) in [6.45, 7) is 12.2. The van der Waals surface area contributed by atoms with Gasteiger partial charge in [0.25, 0.3) is 0 Å². The molecule has 0 aliphatic rings. The van der Waals surface area contributed by atoms with E-state index in [9.17, 15) is 5.11 Å². The number of nitrogens with zero attached hydrogens (tertiary/aromatic N) is 9. The third kappa shape index (κ3) is 11.6. The zero-order chi connectivity index (χ0) is 38.2. The molecule has 6 rings (SSSR count). The van der Waals surface area contributed by atoms with Gasteiger partial charge in [0, 0.05) is 72.3 Å². The van der Waals surface area contributed by atoms with Crippen molar-refractivity contribution < 1.29 is 20.3 Å². The Morgan fingerprint density at radius 3 is 1.42 bits per heavy atom. The highest BCUT2D eigenvalue weighted by Gasteiger charge is 2.18. The molecule has 0 aromatic carbocycles. The van der Waals surface area contributed by atoms with Gasteiger partial charge in [-0.05, 0) is 99.4 Å². The molecule has 0 amide bonds. The van der Waals surface area contributed by atoms with Crippen LogP contribution < -0.4 is 5.59 Å². The van der Waals surface area contributed by atoms with Crippen molar-refractivity contribution in [3.05, 3.63) is 113 Å². The van der Waals surface area contributed by atoms with Crippen LogP contribution >= 0.6 is 27.5 Å². The van der Waals surface area contributed by atoms with Crippen LogP contribution in [-0.2, 0) is 19.1 Å². The second-order valence-electron chi connectivity index (χ2n) is 12.1. The molecule has 13 nitrogen and oxygen atoms in total. The summed E-state index contributed by atoms with van der Waals surface area (Å²) < 4.78 is 6.15. The quantitative estimate of drug-likeness (QED) is 0.0801. The Kier molecular flexibility index (Phi) is 17.3. The molecule has 6 aromatic rings. The van der Waals surface area contributed by atoms with E-state index in [0.717, 1.165) is 39.5 Å². The highest BCUT2D eigenvalue weighted by molar-refractivity contribution is 9.10. The molecule has 0 bridgehead atoms. The summed E-state index contributed by atoms with van der Waals surface area (Å²) >= 11 is 9.10. The molecule has 276 valence electrons. The molecule has 4 N–H and O–H groups in total. The maximum Gasteiger partial charge on any atom is 0.507 e. The standard InChI is InChI=1S/C12H14ClN3.C12H15N3O.C6H11BN2O2.C6H6BrNO/c1-9(2)16-11(5-7-15-16)12-10(8-13)4-3-6-14-12;1-9(2)15-11(5-7-14-15)12-10(8-16)4-3-6-13-12;1-5(2)9-6(7(10)11)3-4-8-9;7-6-5(4-9)2-1-3-8-6/h3-7,9H,8H2,1-2H3;3-7,9,16H,8H2,1-2H3;3-5,10-11H,1-2H3;1-3,9H,4H2. The summed E-state index contributed by atoms with van der Waals surface area (Å²) in [5.74, 6) is 0.465. The van der Waals surface area contributed by atoms with Gasteiger partial charge in [0.1, 0.15) is 4.60 Å². The van der Waals surface area contributed by atoms with E-state index < -0.39 is 7.12 Å². The number of hydrogen-bond donors (Lipinski definition) is 4. The SMILES string of the molecule is CC(C)n1nccc1-c1ncccc1CCl.CC(C)n1nccc1-c1ncccc1CO.CC(C)n1nccc1B(O)O.OCc1cccnc1Br. The molecule has 0 fully saturated rings. The van der Waals surface area contributed by atoms with Gasteiger partial charge in [0.05, 0.1) is 41.6 Å². The summed E-state index contributed by atoms with van der Waals surface area (Å²) in [7, 11) is -1.43. The molecule has 0 spiro atoms. The van der Waals surface area contributed by atoms with Crippen molar-refractivity contribution in [2.75, 3.05) is 0 Å². The van der Waals surface area contributed by atoms with Crippen LogP contribution in [0.1, 0.15) is 76.4 Å². The van der Waals surface area contributed by atoms with Crippen LogP contribution in [0.4, 0.5) is 0 Å². The number of aliphatic hydroxyl groups is 2. The molecular weight excluding hydrogens is 749 g/mol. The average molecular weight is 795 g/mol. The largest absolute Gasteiger partial charge is 0.507 e. The predicted octanol–water partition coefficient (Wildman–Crippen LogP) is 5.76. The summed E-state index contributed by atoms with van der Waals surface area (Å²) in [6.07, 6.45) is 10.3. The summed E-state index contributed by atoms with van der Waals surface area (Å²) in [5.41, 5.74) is 6.79. The molecule has 0 atom stereocenters. The molecule has 0 unspecified atom stereocenters. The molecule has 0 aliphatic heterocycles. The Bertz CT molecular complexity index is 1820. The topological polar surface area (TPSA) is 173 Å². The van der Waals surface area contributed by atoms with Gasteiger partial charge in [-0.15, -0.1) is 11.6 Å². The molecular formula is C36H46BBrClN9O4. The van der Waals surface area contributed by atoms with Crippen molar-refractivity contribution in [1.82, 2.24) is 44.3 Å². The van der Waals surface area contributed by atoms with Crippen molar-refractivity contribution in [2.24, 2.45) is 0 Å². The minimum absolute atomic E-state index is 0.00749. The molecule has 0 saturated heterocycles. The fourth-order valence-corrected chi connectivity index (χ4v) is 5.49. The lowest BCUT2D eigenvalue weighted by Gasteiger charge is -2.12. The molecule has 6 aromatic heterocycles. The Hall–Kier alpha value is -4.25. The van der Waals surface area contributed by atoms with Crippen LogP contribution in [0.25, 0.3) is 22.8 Å². The fourth-order valence-electron chi connectivity index (χ4n) is 4.90. The van der Waals surface area contributed by atoms with E-state index in [1.165, 1.54) is 0 Å². The number of halogens is 2. The van der Waals surface area contributed by atoms with E-state index in [0.29, 0.717) is 22.1 Å². The van der Waals surface area contributed by atoms with E-state index in [-0.39, 0.29) is 25.3 Å². The van der Waals surface area contributed by atoms with E-state index >= 15 is 0 Å². The van der Waals surface area contributed by atoms with Gasteiger partial charge in [0.2, 0.25) is 0 Å². The highest BCUT2D eigenvalue weighted by atomic mass is 79.9. The lowest BCUT2D eigenvalue weighted by molar-refractivity contribution is 0.280. The van der Waals surface area contributed by atoms with E-state index in [1.807, 2.05) is 65.7 Å².